The first-order chi connectivity index (χ1) is 9.81. The average Bonchev–Trinajstić information content (AvgIpc) is 3.30. The molecule has 1 aromatic rings. The van der Waals surface area contributed by atoms with Crippen molar-refractivity contribution in [2.75, 3.05) is 6.54 Å². The normalized spacial score (nSPS) is 21.9. The van der Waals surface area contributed by atoms with Crippen molar-refractivity contribution in [3.8, 4) is 0 Å². The molecular formula is C18H27NO. The van der Waals surface area contributed by atoms with Crippen LogP contribution in [0.2, 0.25) is 0 Å². The van der Waals surface area contributed by atoms with Crippen molar-refractivity contribution < 1.29 is 4.74 Å². The molecular weight excluding hydrogens is 246 g/mol. The van der Waals surface area contributed by atoms with Crippen LogP contribution >= 0.6 is 0 Å². The maximum atomic E-state index is 6.43. The number of hydrogen-bond donors (Lipinski definition) is 1. The van der Waals surface area contributed by atoms with Crippen LogP contribution < -0.4 is 5.32 Å². The van der Waals surface area contributed by atoms with Crippen LogP contribution in [0.4, 0.5) is 0 Å². The van der Waals surface area contributed by atoms with Crippen LogP contribution in [0, 0.1) is 6.92 Å². The first-order valence-corrected chi connectivity index (χ1v) is 8.26. The highest BCUT2D eigenvalue weighted by molar-refractivity contribution is 5.23. The zero-order chi connectivity index (χ0) is 13.8. The molecule has 0 spiro atoms. The van der Waals surface area contributed by atoms with Gasteiger partial charge in [0.2, 0.25) is 0 Å². The number of benzene rings is 1. The smallest absolute Gasteiger partial charge is 0.0953 e. The molecule has 0 saturated heterocycles. The monoisotopic (exact) mass is 273 g/mol. The van der Waals surface area contributed by atoms with Crippen LogP contribution in [0.15, 0.2) is 24.3 Å². The van der Waals surface area contributed by atoms with Crippen LogP contribution in [0.25, 0.3) is 0 Å². The Bertz CT molecular complexity index is 404. The van der Waals surface area contributed by atoms with Crippen molar-refractivity contribution in [2.45, 2.75) is 70.1 Å². The molecule has 2 aliphatic rings. The van der Waals surface area contributed by atoms with Crippen molar-refractivity contribution in [1.29, 1.82) is 0 Å². The molecule has 0 radical (unpaired) electrons. The molecule has 1 atom stereocenters. The minimum Gasteiger partial charge on any atom is -0.369 e. The zero-order valence-corrected chi connectivity index (χ0v) is 12.6. The van der Waals surface area contributed by atoms with Gasteiger partial charge in [-0.05, 0) is 38.2 Å². The number of ether oxygens (including phenoxy) is 1. The topological polar surface area (TPSA) is 21.3 Å². The van der Waals surface area contributed by atoms with E-state index in [0.717, 1.165) is 12.6 Å². The van der Waals surface area contributed by atoms with Gasteiger partial charge in [0.1, 0.15) is 0 Å². The highest BCUT2D eigenvalue weighted by Gasteiger charge is 2.25. The lowest BCUT2D eigenvalue weighted by atomic mass is 9.97. The Morgan fingerprint density at radius 2 is 1.75 bits per heavy atom. The summed E-state index contributed by atoms with van der Waals surface area (Å²) in [6.07, 6.45) is 9.90. The van der Waals surface area contributed by atoms with E-state index in [4.69, 9.17) is 4.74 Å². The molecule has 2 aliphatic carbocycles. The average molecular weight is 273 g/mol. The van der Waals surface area contributed by atoms with Crippen LogP contribution in [0.5, 0.6) is 0 Å². The number of aryl methyl sites for hydroxylation is 1. The molecule has 1 unspecified atom stereocenters. The van der Waals surface area contributed by atoms with Gasteiger partial charge in [0.25, 0.3) is 0 Å². The molecule has 0 heterocycles. The summed E-state index contributed by atoms with van der Waals surface area (Å²) in [5.41, 5.74) is 2.65. The Morgan fingerprint density at radius 1 is 1.05 bits per heavy atom. The molecule has 0 aliphatic heterocycles. The van der Waals surface area contributed by atoms with E-state index in [1.165, 1.54) is 56.1 Å². The second kappa shape index (κ2) is 6.73. The molecule has 3 rings (SSSR count). The summed E-state index contributed by atoms with van der Waals surface area (Å²) >= 11 is 0. The van der Waals surface area contributed by atoms with Gasteiger partial charge in [-0.15, -0.1) is 0 Å². The molecule has 1 aromatic carbocycles. The lowest BCUT2D eigenvalue weighted by Gasteiger charge is -2.28. The Morgan fingerprint density at radius 3 is 2.40 bits per heavy atom. The zero-order valence-electron chi connectivity index (χ0n) is 12.6. The van der Waals surface area contributed by atoms with Crippen LogP contribution in [0.3, 0.4) is 0 Å². The maximum Gasteiger partial charge on any atom is 0.0953 e. The number of nitrogens with one attached hydrogen (secondary N) is 1. The quantitative estimate of drug-likeness (QED) is 0.841. The summed E-state index contributed by atoms with van der Waals surface area (Å²) in [5, 5.41) is 3.63. The lowest BCUT2D eigenvalue weighted by molar-refractivity contribution is -0.0307. The second-order valence-corrected chi connectivity index (χ2v) is 6.48. The first-order valence-electron chi connectivity index (χ1n) is 8.26. The van der Waals surface area contributed by atoms with Gasteiger partial charge in [0.05, 0.1) is 12.2 Å². The third-order valence-corrected chi connectivity index (χ3v) is 4.53. The molecule has 2 saturated carbocycles. The Hall–Kier alpha value is -0.860. The third-order valence-electron chi connectivity index (χ3n) is 4.53. The third kappa shape index (κ3) is 4.07. The van der Waals surface area contributed by atoms with Crippen molar-refractivity contribution in [3.63, 3.8) is 0 Å². The van der Waals surface area contributed by atoms with E-state index in [1.807, 2.05) is 0 Å². The van der Waals surface area contributed by atoms with E-state index in [-0.39, 0.29) is 6.10 Å². The largest absolute Gasteiger partial charge is 0.369 e. The van der Waals surface area contributed by atoms with Gasteiger partial charge >= 0.3 is 0 Å². The Balaban J connectivity index is 1.63. The molecule has 0 aromatic heterocycles. The SMILES string of the molecule is Cc1ccc(C(CNC2CC2)OC2CCCCC2)cc1. The van der Waals surface area contributed by atoms with E-state index >= 15 is 0 Å². The molecule has 110 valence electrons. The predicted molar refractivity (Wildman–Crippen MR) is 82.9 cm³/mol. The van der Waals surface area contributed by atoms with Crippen molar-refractivity contribution in [1.82, 2.24) is 5.32 Å². The van der Waals surface area contributed by atoms with E-state index in [1.54, 1.807) is 0 Å². The summed E-state index contributed by atoms with van der Waals surface area (Å²) in [5.74, 6) is 0. The summed E-state index contributed by atoms with van der Waals surface area (Å²) in [7, 11) is 0. The predicted octanol–water partition coefficient (Wildman–Crippen LogP) is 4.14. The van der Waals surface area contributed by atoms with E-state index < -0.39 is 0 Å². The minimum atomic E-state index is 0.222. The summed E-state index contributed by atoms with van der Waals surface area (Å²) in [6.45, 7) is 3.10. The molecule has 1 N–H and O–H groups in total. The molecule has 0 amide bonds. The number of hydrogen-bond acceptors (Lipinski definition) is 2. The number of rotatable bonds is 6. The summed E-state index contributed by atoms with van der Waals surface area (Å²) < 4.78 is 6.43. The van der Waals surface area contributed by atoms with Crippen molar-refractivity contribution >= 4 is 0 Å². The van der Waals surface area contributed by atoms with Crippen molar-refractivity contribution in [2.24, 2.45) is 0 Å². The highest BCUT2D eigenvalue weighted by atomic mass is 16.5. The molecule has 20 heavy (non-hydrogen) atoms. The van der Waals surface area contributed by atoms with E-state index in [9.17, 15) is 0 Å². The lowest BCUT2D eigenvalue weighted by Crippen LogP contribution is -2.29. The van der Waals surface area contributed by atoms with Gasteiger partial charge in [0, 0.05) is 12.6 Å². The van der Waals surface area contributed by atoms with Crippen LogP contribution in [-0.2, 0) is 4.74 Å². The fourth-order valence-electron chi connectivity index (χ4n) is 3.02. The molecule has 2 fully saturated rings. The van der Waals surface area contributed by atoms with Crippen LogP contribution in [-0.4, -0.2) is 18.7 Å². The Labute approximate surface area is 122 Å². The molecule has 2 nitrogen and oxygen atoms in total. The summed E-state index contributed by atoms with van der Waals surface area (Å²) in [4.78, 5) is 0. The fraction of sp³-hybridized carbons (Fsp3) is 0.667. The van der Waals surface area contributed by atoms with Crippen LogP contribution in [0.1, 0.15) is 62.2 Å². The summed E-state index contributed by atoms with van der Waals surface area (Å²) in [6, 6.07) is 9.61. The van der Waals surface area contributed by atoms with E-state index in [2.05, 4.69) is 36.5 Å². The van der Waals surface area contributed by atoms with Gasteiger partial charge in [-0.25, -0.2) is 0 Å². The molecule has 0 bridgehead atoms. The highest BCUT2D eigenvalue weighted by Crippen LogP contribution is 2.28. The van der Waals surface area contributed by atoms with Gasteiger partial charge in [0.15, 0.2) is 0 Å². The standard InChI is InChI=1S/C18H27NO/c1-14-7-9-15(10-8-14)18(13-19-16-11-12-16)20-17-5-3-2-4-6-17/h7-10,16-19H,2-6,11-13H2,1H3. The maximum absolute atomic E-state index is 6.43. The van der Waals surface area contributed by atoms with Crippen molar-refractivity contribution in [3.05, 3.63) is 35.4 Å². The van der Waals surface area contributed by atoms with Gasteiger partial charge in [-0.2, -0.15) is 0 Å². The van der Waals surface area contributed by atoms with Gasteiger partial charge in [-0.1, -0.05) is 49.1 Å². The molecule has 2 heteroatoms. The van der Waals surface area contributed by atoms with Gasteiger partial charge in [-0.3, -0.25) is 0 Å². The first kappa shape index (κ1) is 14.1. The minimum absolute atomic E-state index is 0.222. The fourth-order valence-corrected chi connectivity index (χ4v) is 3.02. The Kier molecular flexibility index (Phi) is 4.74. The second-order valence-electron chi connectivity index (χ2n) is 6.48. The van der Waals surface area contributed by atoms with Gasteiger partial charge < -0.3 is 10.1 Å². The van der Waals surface area contributed by atoms with E-state index in [0.29, 0.717) is 6.10 Å².